The maximum absolute atomic E-state index is 3.91. The third kappa shape index (κ3) is 4.87. The lowest BCUT2D eigenvalue weighted by atomic mass is 10.0. The van der Waals surface area contributed by atoms with Crippen LogP contribution in [-0.2, 0) is 0 Å². The average molecular weight is 671 g/mol. The third-order valence-electron chi connectivity index (χ3n) is 10.9. The summed E-state index contributed by atoms with van der Waals surface area (Å²) < 4.78 is 4.84. The van der Waals surface area contributed by atoms with Gasteiger partial charge in [-0.1, -0.05) is 121 Å². The van der Waals surface area contributed by atoms with Crippen molar-refractivity contribution in [2.75, 3.05) is 6.54 Å². The lowest BCUT2D eigenvalue weighted by Gasteiger charge is -2.32. The summed E-state index contributed by atoms with van der Waals surface area (Å²) >= 11 is 0. The number of rotatable bonds is 5. The van der Waals surface area contributed by atoms with E-state index in [0.29, 0.717) is 0 Å². The van der Waals surface area contributed by atoms with Gasteiger partial charge in [-0.05, 0) is 89.7 Å². The van der Waals surface area contributed by atoms with E-state index in [9.17, 15) is 0 Å². The normalized spacial score (nSPS) is 14.8. The second kappa shape index (κ2) is 12.2. The third-order valence-corrected chi connectivity index (χ3v) is 10.9. The highest BCUT2D eigenvalue weighted by Gasteiger charge is 2.24. The van der Waals surface area contributed by atoms with Gasteiger partial charge in [-0.15, -0.1) is 0 Å². The Labute approximate surface area is 303 Å². The van der Waals surface area contributed by atoms with Crippen molar-refractivity contribution < 1.29 is 0 Å². The minimum atomic E-state index is -0.107. The van der Waals surface area contributed by atoms with Crippen molar-refractivity contribution in [1.29, 1.82) is 0 Å². The highest BCUT2D eigenvalue weighted by atomic mass is 15.3. The molecule has 0 amide bonds. The summed E-state index contributed by atoms with van der Waals surface area (Å²) in [6.45, 7) is 5.22. The molecule has 0 radical (unpaired) electrons. The molecule has 1 unspecified atom stereocenters. The maximum atomic E-state index is 3.91. The van der Waals surface area contributed by atoms with E-state index >= 15 is 0 Å². The van der Waals surface area contributed by atoms with Crippen LogP contribution in [0.1, 0.15) is 24.3 Å². The summed E-state index contributed by atoms with van der Waals surface area (Å²) in [4.78, 5) is 0. The number of nitrogens with one attached hydrogen (secondary N) is 2. The summed E-state index contributed by atoms with van der Waals surface area (Å²) in [5.74, 6) is 0. The van der Waals surface area contributed by atoms with E-state index in [1.165, 1.54) is 88.3 Å². The van der Waals surface area contributed by atoms with Crippen molar-refractivity contribution in [3.63, 3.8) is 0 Å². The molecule has 2 aromatic heterocycles. The van der Waals surface area contributed by atoms with E-state index in [1.807, 2.05) is 0 Å². The number of fused-ring (bicyclic) bond motifs is 6. The van der Waals surface area contributed by atoms with Crippen LogP contribution >= 0.6 is 0 Å². The SMILES string of the molecule is CC1=C(c2ccccc2C)NC(n2c3ccccc3c3ccc(-c4ccc5c(c4)c4ccccc4n5-c4ccc(-c5ccccc5)cc4)cc32)NC1. The van der Waals surface area contributed by atoms with Crippen LogP contribution in [0, 0.1) is 6.92 Å². The van der Waals surface area contributed by atoms with Gasteiger partial charge < -0.3 is 14.5 Å². The lowest BCUT2D eigenvalue weighted by molar-refractivity contribution is 0.388. The van der Waals surface area contributed by atoms with Gasteiger partial charge in [0.2, 0.25) is 0 Å². The van der Waals surface area contributed by atoms with Crippen molar-refractivity contribution in [2.45, 2.75) is 20.1 Å². The Kier molecular flexibility index (Phi) is 7.12. The zero-order valence-corrected chi connectivity index (χ0v) is 29.3. The van der Waals surface area contributed by atoms with Crippen molar-refractivity contribution in [3.8, 4) is 27.9 Å². The van der Waals surface area contributed by atoms with Gasteiger partial charge in [0.25, 0.3) is 0 Å². The number of aryl methyl sites for hydroxylation is 1. The molecule has 4 heteroatoms. The minimum Gasteiger partial charge on any atom is -0.352 e. The van der Waals surface area contributed by atoms with Crippen molar-refractivity contribution in [3.05, 3.63) is 180 Å². The highest BCUT2D eigenvalue weighted by molar-refractivity contribution is 6.12. The molecule has 4 nitrogen and oxygen atoms in total. The van der Waals surface area contributed by atoms with Gasteiger partial charge in [0.15, 0.2) is 6.29 Å². The van der Waals surface area contributed by atoms with Crippen LogP contribution in [0.3, 0.4) is 0 Å². The zero-order valence-electron chi connectivity index (χ0n) is 29.3. The molecular formula is C48H38N4. The van der Waals surface area contributed by atoms with Gasteiger partial charge in [0.1, 0.15) is 0 Å². The van der Waals surface area contributed by atoms with Crippen molar-refractivity contribution in [1.82, 2.24) is 19.8 Å². The quantitative estimate of drug-likeness (QED) is 0.191. The van der Waals surface area contributed by atoms with Crippen LogP contribution < -0.4 is 10.6 Å². The second-order valence-corrected chi connectivity index (χ2v) is 14.0. The number of hydrogen-bond donors (Lipinski definition) is 2. The average Bonchev–Trinajstić information content (AvgIpc) is 3.71. The fourth-order valence-electron chi connectivity index (χ4n) is 8.29. The molecule has 0 aliphatic carbocycles. The Hall–Kier alpha value is -6.36. The molecular weight excluding hydrogens is 633 g/mol. The number of nitrogens with zero attached hydrogens (tertiary/aromatic N) is 2. The van der Waals surface area contributed by atoms with E-state index in [2.05, 4.69) is 197 Å². The molecule has 2 N–H and O–H groups in total. The predicted octanol–water partition coefficient (Wildman–Crippen LogP) is 11.6. The summed E-state index contributed by atoms with van der Waals surface area (Å²) in [5.41, 5.74) is 15.9. The van der Waals surface area contributed by atoms with Gasteiger partial charge in [0.05, 0.1) is 22.1 Å². The summed E-state index contributed by atoms with van der Waals surface area (Å²) in [6.07, 6.45) is -0.107. The summed E-state index contributed by atoms with van der Waals surface area (Å²) in [7, 11) is 0. The van der Waals surface area contributed by atoms with E-state index in [4.69, 9.17) is 0 Å². The molecule has 250 valence electrons. The van der Waals surface area contributed by atoms with Gasteiger partial charge in [-0.2, -0.15) is 0 Å². The van der Waals surface area contributed by atoms with Crippen molar-refractivity contribution >= 4 is 49.3 Å². The van der Waals surface area contributed by atoms with Gasteiger partial charge in [-0.3, -0.25) is 5.32 Å². The standard InChI is InChI=1S/C48H38N4/c1-31-12-6-7-15-38(31)47-32(2)30-49-48(50-47)52-44-19-11-8-16-39(44)41-26-22-36(29-46(41)52)35-23-27-45-42(28-35)40-17-9-10-18-43(40)51(45)37-24-20-34(21-25-37)33-13-4-3-5-14-33/h3-29,48-50H,30H2,1-2H3. The smallest absolute Gasteiger partial charge is 0.160 e. The van der Waals surface area contributed by atoms with E-state index in [1.54, 1.807) is 0 Å². The molecule has 0 spiro atoms. The maximum Gasteiger partial charge on any atom is 0.160 e. The molecule has 10 rings (SSSR count). The number of hydrogen-bond acceptors (Lipinski definition) is 2. The van der Waals surface area contributed by atoms with Gasteiger partial charge >= 0.3 is 0 Å². The molecule has 0 fully saturated rings. The van der Waals surface area contributed by atoms with Crippen LogP contribution in [0.4, 0.5) is 0 Å². The fourth-order valence-corrected chi connectivity index (χ4v) is 8.29. The Morgan fingerprint density at radius 2 is 1.08 bits per heavy atom. The van der Waals surface area contributed by atoms with Crippen LogP contribution in [0.25, 0.3) is 77.2 Å². The topological polar surface area (TPSA) is 33.9 Å². The van der Waals surface area contributed by atoms with Gasteiger partial charge in [-0.25, -0.2) is 0 Å². The number of benzene rings is 7. The Balaban J connectivity index is 1.09. The molecule has 0 bridgehead atoms. The van der Waals surface area contributed by atoms with Crippen LogP contribution in [0.2, 0.25) is 0 Å². The lowest BCUT2D eigenvalue weighted by Crippen LogP contribution is -2.43. The molecule has 7 aromatic carbocycles. The van der Waals surface area contributed by atoms with Crippen molar-refractivity contribution in [2.24, 2.45) is 0 Å². The van der Waals surface area contributed by atoms with E-state index < -0.39 is 0 Å². The minimum absolute atomic E-state index is 0.107. The zero-order chi connectivity index (χ0) is 34.8. The Morgan fingerprint density at radius 3 is 1.88 bits per heavy atom. The first kappa shape index (κ1) is 30.5. The molecule has 0 saturated heterocycles. The largest absolute Gasteiger partial charge is 0.352 e. The first-order valence-corrected chi connectivity index (χ1v) is 18.1. The molecule has 1 atom stereocenters. The van der Waals surface area contributed by atoms with Crippen LogP contribution in [0.15, 0.2) is 169 Å². The summed E-state index contributed by atoms with van der Waals surface area (Å²) in [6, 6.07) is 59.6. The first-order valence-electron chi connectivity index (χ1n) is 18.1. The fraction of sp³-hybridized carbons (Fsp3) is 0.0833. The first-order chi connectivity index (χ1) is 25.6. The molecule has 1 aliphatic heterocycles. The highest BCUT2D eigenvalue weighted by Crippen LogP contribution is 2.39. The molecule has 0 saturated carbocycles. The van der Waals surface area contributed by atoms with Gasteiger partial charge in [0, 0.05) is 45.0 Å². The second-order valence-electron chi connectivity index (χ2n) is 14.0. The van der Waals surface area contributed by atoms with E-state index in [0.717, 1.165) is 12.2 Å². The molecule has 9 aromatic rings. The number of aromatic nitrogens is 2. The number of para-hydroxylation sites is 2. The molecule has 3 heterocycles. The van der Waals surface area contributed by atoms with Crippen LogP contribution in [-0.4, -0.2) is 15.7 Å². The monoisotopic (exact) mass is 670 g/mol. The Bertz CT molecular complexity index is 2840. The van der Waals surface area contributed by atoms with E-state index in [-0.39, 0.29) is 6.29 Å². The van der Waals surface area contributed by atoms with Crippen LogP contribution in [0.5, 0.6) is 0 Å². The summed E-state index contributed by atoms with van der Waals surface area (Å²) in [5, 5.41) is 12.7. The molecule has 1 aliphatic rings. The molecule has 52 heavy (non-hydrogen) atoms. The Morgan fingerprint density at radius 1 is 0.481 bits per heavy atom. The predicted molar refractivity (Wildman–Crippen MR) is 219 cm³/mol.